The lowest BCUT2D eigenvalue weighted by Crippen LogP contribution is -2.44. The van der Waals surface area contributed by atoms with Crippen LogP contribution in [0.15, 0.2) is 18.2 Å². The fourth-order valence-electron chi connectivity index (χ4n) is 2.51. The van der Waals surface area contributed by atoms with Crippen LogP contribution in [0, 0.1) is 16.0 Å². The standard InChI is InChI=1S/C13H19N3O3/c1-9-5-6-15(8-13(9)19-2)12-7-10(14)3-4-11(12)16(17)18/h3-4,7,9,13H,5-6,8,14H2,1-2H3/t9-,13-/m0/s1. The molecule has 1 saturated heterocycles. The zero-order valence-electron chi connectivity index (χ0n) is 11.2. The third kappa shape index (κ3) is 2.78. The fraction of sp³-hybridized carbons (Fsp3) is 0.538. The molecule has 0 aliphatic carbocycles. The number of methoxy groups -OCH3 is 1. The van der Waals surface area contributed by atoms with Crippen molar-refractivity contribution in [3.63, 3.8) is 0 Å². The first-order valence-corrected chi connectivity index (χ1v) is 6.34. The molecule has 1 aliphatic heterocycles. The molecule has 0 bridgehead atoms. The highest BCUT2D eigenvalue weighted by molar-refractivity contribution is 5.69. The van der Waals surface area contributed by atoms with Gasteiger partial charge in [-0.15, -0.1) is 0 Å². The highest BCUT2D eigenvalue weighted by Gasteiger charge is 2.29. The maximum Gasteiger partial charge on any atom is 0.292 e. The second kappa shape index (κ2) is 5.44. The van der Waals surface area contributed by atoms with Crippen LogP contribution >= 0.6 is 0 Å². The summed E-state index contributed by atoms with van der Waals surface area (Å²) in [6, 6.07) is 4.69. The Morgan fingerprint density at radius 1 is 1.53 bits per heavy atom. The molecule has 1 fully saturated rings. The van der Waals surface area contributed by atoms with E-state index >= 15 is 0 Å². The number of nitrogens with two attached hydrogens (primary N) is 1. The van der Waals surface area contributed by atoms with Gasteiger partial charge >= 0.3 is 0 Å². The van der Waals surface area contributed by atoms with E-state index in [4.69, 9.17) is 10.5 Å². The summed E-state index contributed by atoms with van der Waals surface area (Å²) < 4.78 is 5.44. The number of benzene rings is 1. The molecule has 2 rings (SSSR count). The average Bonchev–Trinajstić information content (AvgIpc) is 2.38. The van der Waals surface area contributed by atoms with Crippen LogP contribution in [-0.2, 0) is 4.74 Å². The number of nitro groups is 1. The maximum atomic E-state index is 11.1. The number of nitro benzene ring substituents is 1. The minimum atomic E-state index is -0.366. The van der Waals surface area contributed by atoms with Gasteiger partial charge in [-0.2, -0.15) is 0 Å². The van der Waals surface area contributed by atoms with E-state index in [1.165, 1.54) is 6.07 Å². The van der Waals surface area contributed by atoms with Crippen LogP contribution in [0.4, 0.5) is 17.1 Å². The molecule has 0 radical (unpaired) electrons. The van der Waals surface area contributed by atoms with Gasteiger partial charge in [0.2, 0.25) is 0 Å². The van der Waals surface area contributed by atoms with Gasteiger partial charge in [0, 0.05) is 32.0 Å². The van der Waals surface area contributed by atoms with Gasteiger partial charge in [0.05, 0.1) is 11.0 Å². The predicted octanol–water partition coefficient (Wildman–Crippen LogP) is 2.04. The molecule has 104 valence electrons. The van der Waals surface area contributed by atoms with Gasteiger partial charge in [0.15, 0.2) is 0 Å². The Labute approximate surface area is 112 Å². The number of nitrogen functional groups attached to an aromatic ring is 1. The maximum absolute atomic E-state index is 11.1. The van der Waals surface area contributed by atoms with Crippen molar-refractivity contribution in [1.82, 2.24) is 0 Å². The summed E-state index contributed by atoms with van der Waals surface area (Å²) in [5.74, 6) is 0.460. The molecule has 1 heterocycles. The summed E-state index contributed by atoms with van der Waals surface area (Å²) in [6.45, 7) is 3.58. The molecule has 1 aliphatic rings. The minimum Gasteiger partial charge on any atom is -0.399 e. The normalized spacial score (nSPS) is 23.4. The first kappa shape index (κ1) is 13.6. The molecule has 1 aromatic carbocycles. The summed E-state index contributed by atoms with van der Waals surface area (Å²) >= 11 is 0. The molecule has 1 aromatic rings. The van der Waals surface area contributed by atoms with Crippen LogP contribution in [0.3, 0.4) is 0 Å². The minimum absolute atomic E-state index is 0.0924. The fourth-order valence-corrected chi connectivity index (χ4v) is 2.51. The van der Waals surface area contributed by atoms with Gasteiger partial charge in [-0.1, -0.05) is 6.92 Å². The lowest BCUT2D eigenvalue weighted by atomic mass is 9.95. The second-order valence-electron chi connectivity index (χ2n) is 4.99. The van der Waals surface area contributed by atoms with Gasteiger partial charge in [-0.25, -0.2) is 0 Å². The van der Waals surface area contributed by atoms with Crippen LogP contribution < -0.4 is 10.6 Å². The zero-order chi connectivity index (χ0) is 14.0. The van der Waals surface area contributed by atoms with E-state index in [0.29, 0.717) is 23.8 Å². The van der Waals surface area contributed by atoms with Crippen LogP contribution in [0.25, 0.3) is 0 Å². The number of rotatable bonds is 3. The smallest absolute Gasteiger partial charge is 0.292 e. The molecule has 0 spiro atoms. The van der Waals surface area contributed by atoms with Crippen LogP contribution in [0.5, 0.6) is 0 Å². The van der Waals surface area contributed by atoms with E-state index < -0.39 is 0 Å². The number of hydrogen-bond acceptors (Lipinski definition) is 5. The number of hydrogen-bond donors (Lipinski definition) is 1. The molecule has 2 atom stereocenters. The Morgan fingerprint density at radius 2 is 2.26 bits per heavy atom. The van der Waals surface area contributed by atoms with Gasteiger partial charge in [-0.05, 0) is 24.5 Å². The van der Waals surface area contributed by atoms with E-state index in [-0.39, 0.29) is 16.7 Å². The monoisotopic (exact) mass is 265 g/mol. The number of ether oxygens (including phenoxy) is 1. The first-order chi connectivity index (χ1) is 9.02. The Bertz CT molecular complexity index is 478. The van der Waals surface area contributed by atoms with Crippen molar-refractivity contribution < 1.29 is 9.66 Å². The van der Waals surface area contributed by atoms with E-state index in [0.717, 1.165) is 13.0 Å². The van der Waals surface area contributed by atoms with Crippen molar-refractivity contribution in [3.8, 4) is 0 Å². The van der Waals surface area contributed by atoms with E-state index in [9.17, 15) is 10.1 Å². The lowest BCUT2D eigenvalue weighted by molar-refractivity contribution is -0.384. The van der Waals surface area contributed by atoms with Gasteiger partial charge in [0.25, 0.3) is 5.69 Å². The van der Waals surface area contributed by atoms with E-state index in [1.807, 2.05) is 4.90 Å². The second-order valence-corrected chi connectivity index (χ2v) is 4.99. The van der Waals surface area contributed by atoms with Crippen molar-refractivity contribution in [2.45, 2.75) is 19.4 Å². The molecular weight excluding hydrogens is 246 g/mol. The molecule has 6 heteroatoms. The SMILES string of the molecule is CO[C@H]1CN(c2cc(N)ccc2[N+](=O)[O-])CC[C@@H]1C. The quantitative estimate of drug-likeness (QED) is 0.514. The topological polar surface area (TPSA) is 81.6 Å². The molecule has 0 unspecified atom stereocenters. The summed E-state index contributed by atoms with van der Waals surface area (Å²) in [4.78, 5) is 12.7. The van der Waals surface area contributed by atoms with Crippen molar-refractivity contribution in [2.24, 2.45) is 5.92 Å². The predicted molar refractivity (Wildman–Crippen MR) is 74.3 cm³/mol. The Kier molecular flexibility index (Phi) is 3.90. The highest BCUT2D eigenvalue weighted by atomic mass is 16.6. The molecule has 6 nitrogen and oxygen atoms in total. The molecule has 0 saturated carbocycles. The first-order valence-electron chi connectivity index (χ1n) is 6.34. The van der Waals surface area contributed by atoms with Crippen molar-refractivity contribution >= 4 is 17.1 Å². The summed E-state index contributed by atoms with van der Waals surface area (Å²) in [5, 5.41) is 11.1. The van der Waals surface area contributed by atoms with Crippen LogP contribution in [-0.4, -0.2) is 31.2 Å². The van der Waals surface area contributed by atoms with Crippen molar-refractivity contribution in [3.05, 3.63) is 28.3 Å². The van der Waals surface area contributed by atoms with E-state index in [1.54, 1.807) is 19.2 Å². The third-order valence-corrected chi connectivity index (χ3v) is 3.73. The summed E-state index contributed by atoms with van der Waals surface area (Å²) in [6.07, 6.45) is 1.04. The molecule has 0 aromatic heterocycles. The van der Waals surface area contributed by atoms with E-state index in [2.05, 4.69) is 6.92 Å². The van der Waals surface area contributed by atoms with Crippen LogP contribution in [0.2, 0.25) is 0 Å². The Hall–Kier alpha value is -1.82. The number of nitrogens with zero attached hydrogens (tertiary/aromatic N) is 2. The number of piperidine rings is 1. The zero-order valence-corrected chi connectivity index (χ0v) is 11.2. The summed E-state index contributed by atoms with van der Waals surface area (Å²) in [5.41, 5.74) is 6.96. The van der Waals surface area contributed by atoms with Gasteiger partial charge < -0.3 is 15.4 Å². The summed E-state index contributed by atoms with van der Waals surface area (Å²) in [7, 11) is 1.68. The molecule has 19 heavy (non-hydrogen) atoms. The number of anilines is 2. The van der Waals surface area contributed by atoms with Gasteiger partial charge in [0.1, 0.15) is 5.69 Å². The average molecular weight is 265 g/mol. The Balaban J connectivity index is 2.31. The molecule has 0 amide bonds. The van der Waals surface area contributed by atoms with Crippen LogP contribution in [0.1, 0.15) is 13.3 Å². The molecule has 2 N–H and O–H groups in total. The largest absolute Gasteiger partial charge is 0.399 e. The lowest BCUT2D eigenvalue weighted by Gasteiger charge is -2.37. The van der Waals surface area contributed by atoms with Crippen molar-refractivity contribution in [1.29, 1.82) is 0 Å². The van der Waals surface area contributed by atoms with Crippen molar-refractivity contribution in [2.75, 3.05) is 30.8 Å². The van der Waals surface area contributed by atoms with Gasteiger partial charge in [-0.3, -0.25) is 10.1 Å². The third-order valence-electron chi connectivity index (χ3n) is 3.73. The Morgan fingerprint density at radius 3 is 2.89 bits per heavy atom. The highest BCUT2D eigenvalue weighted by Crippen LogP contribution is 2.33. The molecular formula is C13H19N3O3.